The Labute approximate surface area is 182 Å². The van der Waals surface area contributed by atoms with Crippen LogP contribution in [0.3, 0.4) is 0 Å². The molecule has 1 fully saturated rings. The number of benzene rings is 2. The number of piperidine rings is 1. The normalized spacial score (nSPS) is 15.0. The third kappa shape index (κ3) is 4.70. The highest BCUT2D eigenvalue weighted by Gasteiger charge is 2.26. The number of hydrogen-bond acceptors (Lipinski definition) is 6. The van der Waals surface area contributed by atoms with E-state index < -0.39 is 10.0 Å². The number of carbonyl (C=O) groups excluding carboxylic acids is 1. The highest BCUT2D eigenvalue weighted by Crippen LogP contribution is 2.25. The van der Waals surface area contributed by atoms with Gasteiger partial charge in [-0.05, 0) is 74.4 Å². The average Bonchev–Trinajstić information content (AvgIpc) is 2.80. The van der Waals surface area contributed by atoms with Crippen LogP contribution in [0.4, 0.5) is 11.5 Å². The van der Waals surface area contributed by atoms with Gasteiger partial charge >= 0.3 is 5.97 Å². The van der Waals surface area contributed by atoms with Gasteiger partial charge in [0, 0.05) is 24.2 Å². The van der Waals surface area contributed by atoms with Gasteiger partial charge in [-0.2, -0.15) is 4.31 Å². The van der Waals surface area contributed by atoms with E-state index in [1.807, 2.05) is 6.07 Å². The number of rotatable bonds is 6. The molecule has 0 saturated carbocycles. The van der Waals surface area contributed by atoms with Crippen LogP contribution in [-0.4, -0.2) is 43.4 Å². The molecule has 0 spiro atoms. The van der Waals surface area contributed by atoms with Crippen LogP contribution in [0, 0.1) is 0 Å². The van der Waals surface area contributed by atoms with Crippen molar-refractivity contribution in [2.24, 2.45) is 0 Å². The van der Waals surface area contributed by atoms with Gasteiger partial charge in [0.25, 0.3) is 0 Å². The summed E-state index contributed by atoms with van der Waals surface area (Å²) >= 11 is 0. The molecule has 0 aliphatic carbocycles. The molecule has 7 nitrogen and oxygen atoms in total. The van der Waals surface area contributed by atoms with Crippen molar-refractivity contribution in [2.75, 3.05) is 25.0 Å². The topological polar surface area (TPSA) is 88.6 Å². The minimum atomic E-state index is -3.48. The first-order valence-corrected chi connectivity index (χ1v) is 11.9. The summed E-state index contributed by atoms with van der Waals surface area (Å²) in [4.78, 5) is 16.6. The molecule has 1 aliphatic heterocycles. The number of carbonyl (C=O) groups is 1. The fourth-order valence-corrected chi connectivity index (χ4v) is 5.19. The highest BCUT2D eigenvalue weighted by atomic mass is 32.2. The van der Waals surface area contributed by atoms with Gasteiger partial charge in [-0.3, -0.25) is 0 Å². The van der Waals surface area contributed by atoms with Crippen molar-refractivity contribution in [3.05, 3.63) is 60.2 Å². The van der Waals surface area contributed by atoms with Crippen LogP contribution in [0.25, 0.3) is 10.9 Å². The molecule has 0 radical (unpaired) electrons. The Kier molecular flexibility index (Phi) is 6.20. The fraction of sp³-hybridized carbons (Fsp3) is 0.304. The average molecular weight is 440 g/mol. The molecule has 2 heterocycles. The molecular weight excluding hydrogens is 414 g/mol. The largest absolute Gasteiger partial charge is 0.462 e. The van der Waals surface area contributed by atoms with Gasteiger partial charge in [-0.25, -0.2) is 18.2 Å². The smallest absolute Gasteiger partial charge is 0.338 e. The number of anilines is 2. The molecule has 0 unspecified atom stereocenters. The zero-order valence-corrected chi connectivity index (χ0v) is 18.2. The lowest BCUT2D eigenvalue weighted by atomic mass is 10.2. The standard InChI is InChI=1S/C23H25N3O4S/c1-2-30-23(27)17-6-9-19(10-7-17)24-22-13-8-18-16-20(11-12-21(18)25-22)31(28,29)26-14-4-3-5-15-26/h6-13,16H,2-5,14-15H2,1H3,(H,24,25). The molecule has 1 saturated heterocycles. The zero-order chi connectivity index (χ0) is 21.8. The SMILES string of the molecule is CCOC(=O)c1ccc(Nc2ccc3cc(S(=O)(=O)N4CCCCC4)ccc3n2)cc1. The van der Waals surface area contributed by atoms with Crippen LogP contribution in [0.15, 0.2) is 59.5 Å². The predicted octanol–water partition coefficient (Wildman–Crippen LogP) is 4.33. The summed E-state index contributed by atoms with van der Waals surface area (Å²) in [6.45, 7) is 3.26. The summed E-state index contributed by atoms with van der Waals surface area (Å²) in [5, 5.41) is 3.97. The lowest BCUT2D eigenvalue weighted by Crippen LogP contribution is -2.35. The van der Waals surface area contributed by atoms with Gasteiger partial charge in [-0.1, -0.05) is 6.42 Å². The number of hydrogen-bond donors (Lipinski definition) is 1. The third-order valence-corrected chi connectivity index (χ3v) is 7.18. The number of pyridine rings is 1. The number of ether oxygens (including phenoxy) is 1. The Morgan fingerprint density at radius 3 is 2.48 bits per heavy atom. The summed E-state index contributed by atoms with van der Waals surface area (Å²) in [6.07, 6.45) is 2.89. The van der Waals surface area contributed by atoms with Gasteiger partial charge in [0.2, 0.25) is 10.0 Å². The number of nitrogens with one attached hydrogen (secondary N) is 1. The molecule has 3 aromatic rings. The van der Waals surface area contributed by atoms with E-state index >= 15 is 0 Å². The summed E-state index contributed by atoms with van der Waals surface area (Å²) in [5.41, 5.74) is 1.97. The number of esters is 1. The molecule has 1 aromatic heterocycles. The maximum atomic E-state index is 12.9. The number of aromatic nitrogens is 1. The summed E-state index contributed by atoms with van der Waals surface area (Å²) in [5.74, 6) is 0.274. The van der Waals surface area contributed by atoms with E-state index in [-0.39, 0.29) is 5.97 Å². The molecule has 1 N–H and O–H groups in total. The van der Waals surface area contributed by atoms with E-state index in [0.29, 0.717) is 41.5 Å². The van der Waals surface area contributed by atoms with Crippen LogP contribution < -0.4 is 5.32 Å². The Morgan fingerprint density at radius 2 is 1.77 bits per heavy atom. The summed E-state index contributed by atoms with van der Waals surface area (Å²) in [6, 6.07) is 15.7. The van der Waals surface area contributed by atoms with Gasteiger partial charge in [-0.15, -0.1) is 0 Å². The molecule has 0 bridgehead atoms. The van der Waals surface area contributed by atoms with Crippen molar-refractivity contribution in [3.8, 4) is 0 Å². The number of sulfonamides is 1. The Bertz CT molecular complexity index is 1190. The van der Waals surface area contributed by atoms with Crippen molar-refractivity contribution in [1.82, 2.24) is 9.29 Å². The number of fused-ring (bicyclic) bond motifs is 1. The lowest BCUT2D eigenvalue weighted by Gasteiger charge is -2.25. The second-order valence-electron chi connectivity index (χ2n) is 7.44. The van der Waals surface area contributed by atoms with Gasteiger partial charge < -0.3 is 10.1 Å². The van der Waals surface area contributed by atoms with Crippen LogP contribution in [0.1, 0.15) is 36.5 Å². The van der Waals surface area contributed by atoms with Crippen molar-refractivity contribution in [2.45, 2.75) is 31.1 Å². The highest BCUT2D eigenvalue weighted by molar-refractivity contribution is 7.89. The summed E-state index contributed by atoms with van der Waals surface area (Å²) < 4.78 is 32.4. The van der Waals surface area contributed by atoms with Gasteiger partial charge in [0.15, 0.2) is 0 Å². The van der Waals surface area contributed by atoms with Crippen molar-refractivity contribution >= 4 is 38.4 Å². The minimum absolute atomic E-state index is 0.305. The maximum Gasteiger partial charge on any atom is 0.338 e. The molecule has 4 rings (SSSR count). The van der Waals surface area contributed by atoms with E-state index in [4.69, 9.17) is 4.74 Å². The first kappa shape index (κ1) is 21.3. The van der Waals surface area contributed by atoms with Crippen molar-refractivity contribution in [1.29, 1.82) is 0 Å². The minimum Gasteiger partial charge on any atom is -0.462 e. The first-order valence-electron chi connectivity index (χ1n) is 10.4. The first-order chi connectivity index (χ1) is 15.0. The van der Waals surface area contributed by atoms with Crippen LogP contribution in [0.5, 0.6) is 0 Å². The van der Waals surface area contributed by atoms with Crippen LogP contribution in [-0.2, 0) is 14.8 Å². The van der Waals surface area contributed by atoms with E-state index in [1.54, 1.807) is 59.8 Å². The van der Waals surface area contributed by atoms with Gasteiger partial charge in [0.05, 0.1) is 22.6 Å². The number of nitrogens with zero attached hydrogens (tertiary/aromatic N) is 2. The molecule has 0 amide bonds. The van der Waals surface area contributed by atoms with E-state index in [0.717, 1.165) is 30.3 Å². The maximum absolute atomic E-state index is 12.9. The molecule has 31 heavy (non-hydrogen) atoms. The Hall–Kier alpha value is -2.97. The monoisotopic (exact) mass is 439 g/mol. The summed E-state index contributed by atoms with van der Waals surface area (Å²) in [7, 11) is -3.48. The van der Waals surface area contributed by atoms with E-state index in [1.165, 1.54) is 0 Å². The predicted molar refractivity (Wildman–Crippen MR) is 120 cm³/mol. The quantitative estimate of drug-likeness (QED) is 0.575. The second kappa shape index (κ2) is 9.03. The van der Waals surface area contributed by atoms with Gasteiger partial charge in [0.1, 0.15) is 5.82 Å². The molecule has 162 valence electrons. The lowest BCUT2D eigenvalue weighted by molar-refractivity contribution is 0.0526. The molecular formula is C23H25N3O4S. The molecule has 8 heteroatoms. The zero-order valence-electron chi connectivity index (χ0n) is 17.4. The second-order valence-corrected chi connectivity index (χ2v) is 9.38. The molecule has 0 atom stereocenters. The molecule has 2 aromatic carbocycles. The third-order valence-electron chi connectivity index (χ3n) is 5.28. The molecule has 1 aliphatic rings. The fourth-order valence-electron chi connectivity index (χ4n) is 3.64. The Morgan fingerprint density at radius 1 is 1.03 bits per heavy atom. The Balaban J connectivity index is 1.52. The van der Waals surface area contributed by atoms with Crippen LogP contribution >= 0.6 is 0 Å². The van der Waals surface area contributed by atoms with Crippen molar-refractivity contribution < 1.29 is 17.9 Å². The van der Waals surface area contributed by atoms with E-state index in [2.05, 4.69) is 10.3 Å². The van der Waals surface area contributed by atoms with Crippen molar-refractivity contribution in [3.63, 3.8) is 0 Å². The van der Waals surface area contributed by atoms with Crippen LogP contribution in [0.2, 0.25) is 0 Å². The van der Waals surface area contributed by atoms with E-state index in [9.17, 15) is 13.2 Å².